The smallest absolute Gasteiger partial charge is 0.253 e. The number of carbonyl (C=O) groups excluding carboxylic acids is 2. The molecule has 0 spiro atoms. The third-order valence-corrected chi connectivity index (χ3v) is 5.19. The molecule has 0 fully saturated rings. The first-order valence-electron chi connectivity index (χ1n) is 9.98. The number of aromatic amines is 1. The van der Waals surface area contributed by atoms with E-state index in [4.69, 9.17) is 5.73 Å². The maximum Gasteiger partial charge on any atom is 0.253 e. The molecule has 0 saturated heterocycles. The largest absolute Gasteiger partial charge is 0.397 e. The van der Waals surface area contributed by atoms with E-state index in [1.54, 1.807) is 12.1 Å². The van der Waals surface area contributed by atoms with E-state index in [2.05, 4.69) is 22.5 Å². The zero-order chi connectivity index (χ0) is 20.8. The first kappa shape index (κ1) is 20.5. The summed E-state index contributed by atoms with van der Waals surface area (Å²) in [5.74, 6) is -0.120. The molecule has 0 radical (unpaired) electrons. The Kier molecular flexibility index (Phi) is 6.54. The lowest BCUT2D eigenvalue weighted by Gasteiger charge is -2.08. The van der Waals surface area contributed by atoms with Gasteiger partial charge in [0.05, 0.1) is 22.5 Å². The van der Waals surface area contributed by atoms with E-state index >= 15 is 0 Å². The third kappa shape index (κ3) is 4.96. The number of aromatic nitrogens is 1. The molecule has 3 aromatic rings. The molecule has 152 valence electrons. The van der Waals surface area contributed by atoms with Gasteiger partial charge in [0.2, 0.25) is 5.91 Å². The molecule has 6 nitrogen and oxygen atoms in total. The molecule has 0 bridgehead atoms. The summed E-state index contributed by atoms with van der Waals surface area (Å²) in [5, 5.41) is 6.89. The molecule has 0 aliphatic rings. The molecular formula is C23H28N4O2. The highest BCUT2D eigenvalue weighted by atomic mass is 16.2. The van der Waals surface area contributed by atoms with Gasteiger partial charge in [0.25, 0.3) is 5.91 Å². The number of unbranched alkanes of at least 4 members (excludes halogenated alkanes) is 2. The van der Waals surface area contributed by atoms with Crippen molar-refractivity contribution >= 4 is 34.1 Å². The second-order valence-corrected chi connectivity index (χ2v) is 7.31. The van der Waals surface area contributed by atoms with Gasteiger partial charge in [-0.15, -0.1) is 0 Å². The van der Waals surface area contributed by atoms with Crippen LogP contribution in [-0.2, 0) is 4.79 Å². The summed E-state index contributed by atoms with van der Waals surface area (Å²) in [6.45, 7) is 4.65. The number of benzene rings is 2. The number of nitrogen functional groups attached to an aromatic ring is 1. The molecule has 0 atom stereocenters. The lowest BCUT2D eigenvalue weighted by atomic mass is 10.1. The average molecular weight is 393 g/mol. The van der Waals surface area contributed by atoms with E-state index in [1.807, 2.05) is 37.3 Å². The van der Waals surface area contributed by atoms with Crippen LogP contribution in [0.15, 0.2) is 42.5 Å². The van der Waals surface area contributed by atoms with Crippen molar-refractivity contribution in [3.05, 3.63) is 59.3 Å². The summed E-state index contributed by atoms with van der Waals surface area (Å²) in [5.41, 5.74) is 10.8. The summed E-state index contributed by atoms with van der Waals surface area (Å²) >= 11 is 0. The van der Waals surface area contributed by atoms with Gasteiger partial charge >= 0.3 is 0 Å². The normalized spacial score (nSPS) is 10.8. The van der Waals surface area contributed by atoms with Crippen molar-refractivity contribution in [3.63, 3.8) is 0 Å². The van der Waals surface area contributed by atoms with E-state index < -0.39 is 0 Å². The molecule has 6 heteroatoms. The van der Waals surface area contributed by atoms with Gasteiger partial charge in [-0.05, 0) is 50.5 Å². The molecule has 0 aliphatic carbocycles. The molecule has 1 heterocycles. The van der Waals surface area contributed by atoms with E-state index in [9.17, 15) is 9.59 Å². The van der Waals surface area contributed by atoms with Crippen LogP contribution in [0, 0.1) is 13.8 Å². The zero-order valence-corrected chi connectivity index (χ0v) is 17.0. The Balaban J connectivity index is 1.40. The number of rotatable bonds is 8. The molecule has 2 amide bonds. The maximum absolute atomic E-state index is 12.5. The molecule has 0 aliphatic heterocycles. The second kappa shape index (κ2) is 9.28. The first-order valence-corrected chi connectivity index (χ1v) is 9.98. The number of amides is 2. The minimum Gasteiger partial charge on any atom is -0.397 e. The van der Waals surface area contributed by atoms with Crippen LogP contribution in [0.3, 0.4) is 0 Å². The Morgan fingerprint density at radius 2 is 1.79 bits per heavy atom. The van der Waals surface area contributed by atoms with Crippen LogP contribution >= 0.6 is 0 Å². The Morgan fingerprint density at radius 1 is 1.00 bits per heavy atom. The van der Waals surface area contributed by atoms with Crippen LogP contribution < -0.4 is 16.4 Å². The summed E-state index contributed by atoms with van der Waals surface area (Å²) in [6.07, 6.45) is 2.88. The fraction of sp³-hybridized carbons (Fsp3) is 0.304. The zero-order valence-electron chi connectivity index (χ0n) is 17.0. The van der Waals surface area contributed by atoms with Crippen LogP contribution in [-0.4, -0.2) is 23.3 Å². The van der Waals surface area contributed by atoms with Crippen molar-refractivity contribution in [1.29, 1.82) is 0 Å². The van der Waals surface area contributed by atoms with Crippen LogP contribution in [0.5, 0.6) is 0 Å². The SMILES string of the molecule is Cc1[nH]c2c(C(=O)NCCCCCC(=O)Nc3ccccc3N)cccc2c1C. The summed E-state index contributed by atoms with van der Waals surface area (Å²) in [4.78, 5) is 27.9. The monoisotopic (exact) mass is 392 g/mol. The van der Waals surface area contributed by atoms with Gasteiger partial charge in [0.1, 0.15) is 0 Å². The van der Waals surface area contributed by atoms with Crippen molar-refractivity contribution in [1.82, 2.24) is 10.3 Å². The summed E-state index contributed by atoms with van der Waals surface area (Å²) in [7, 11) is 0. The number of carbonyl (C=O) groups is 2. The van der Waals surface area contributed by atoms with Gasteiger partial charge in [0, 0.05) is 24.0 Å². The van der Waals surface area contributed by atoms with E-state index in [0.717, 1.165) is 35.9 Å². The number of hydrogen-bond acceptors (Lipinski definition) is 3. The third-order valence-electron chi connectivity index (χ3n) is 5.19. The lowest BCUT2D eigenvalue weighted by Crippen LogP contribution is -2.24. The van der Waals surface area contributed by atoms with Gasteiger partial charge in [0.15, 0.2) is 0 Å². The van der Waals surface area contributed by atoms with Gasteiger partial charge in [-0.2, -0.15) is 0 Å². The van der Waals surface area contributed by atoms with E-state index in [-0.39, 0.29) is 11.8 Å². The van der Waals surface area contributed by atoms with Gasteiger partial charge in [-0.3, -0.25) is 9.59 Å². The number of nitrogens with two attached hydrogens (primary N) is 1. The second-order valence-electron chi connectivity index (χ2n) is 7.31. The molecule has 1 aromatic heterocycles. The van der Waals surface area contributed by atoms with Crippen LogP contribution in [0.4, 0.5) is 11.4 Å². The predicted octanol–water partition coefficient (Wildman–Crippen LogP) is 4.30. The Bertz CT molecular complexity index is 1020. The van der Waals surface area contributed by atoms with Crippen molar-refractivity contribution in [2.24, 2.45) is 0 Å². The van der Waals surface area contributed by atoms with Crippen molar-refractivity contribution in [2.75, 3.05) is 17.6 Å². The number of para-hydroxylation sites is 3. The van der Waals surface area contributed by atoms with E-state index in [0.29, 0.717) is 29.9 Å². The summed E-state index contributed by atoms with van der Waals surface area (Å²) in [6, 6.07) is 13.0. The number of fused-ring (bicyclic) bond motifs is 1. The number of hydrogen-bond donors (Lipinski definition) is 4. The predicted molar refractivity (Wildman–Crippen MR) is 118 cm³/mol. The van der Waals surface area contributed by atoms with Crippen molar-refractivity contribution in [2.45, 2.75) is 39.5 Å². The lowest BCUT2D eigenvalue weighted by molar-refractivity contribution is -0.116. The standard InChI is InChI=1S/C23H28N4O2/c1-15-16(2)26-22-17(15)9-8-10-18(22)23(29)25-14-7-3-4-13-21(28)27-20-12-6-5-11-19(20)24/h5-6,8-12,26H,3-4,7,13-14,24H2,1-2H3,(H,25,29)(H,27,28). The molecule has 5 N–H and O–H groups in total. The highest BCUT2D eigenvalue weighted by molar-refractivity contribution is 6.06. The van der Waals surface area contributed by atoms with Gasteiger partial charge in [-0.1, -0.05) is 30.7 Å². The molecule has 2 aromatic carbocycles. The molecule has 0 saturated carbocycles. The molecule has 0 unspecified atom stereocenters. The Hall–Kier alpha value is -3.28. The Labute approximate surface area is 170 Å². The Morgan fingerprint density at radius 3 is 2.59 bits per heavy atom. The van der Waals surface area contributed by atoms with Crippen LogP contribution in [0.2, 0.25) is 0 Å². The van der Waals surface area contributed by atoms with Crippen LogP contribution in [0.1, 0.15) is 47.3 Å². The number of nitrogens with one attached hydrogen (secondary N) is 3. The fourth-order valence-corrected chi connectivity index (χ4v) is 3.38. The van der Waals surface area contributed by atoms with Gasteiger partial charge < -0.3 is 21.4 Å². The highest BCUT2D eigenvalue weighted by Crippen LogP contribution is 2.24. The fourth-order valence-electron chi connectivity index (χ4n) is 3.38. The quantitative estimate of drug-likeness (QED) is 0.340. The minimum atomic E-state index is -0.0749. The number of anilines is 2. The first-order chi connectivity index (χ1) is 14.0. The summed E-state index contributed by atoms with van der Waals surface area (Å²) < 4.78 is 0. The molecule has 3 rings (SSSR count). The molecule has 29 heavy (non-hydrogen) atoms. The van der Waals surface area contributed by atoms with Gasteiger partial charge in [-0.25, -0.2) is 0 Å². The number of H-pyrrole nitrogens is 1. The highest BCUT2D eigenvalue weighted by Gasteiger charge is 2.13. The number of aryl methyl sites for hydroxylation is 2. The van der Waals surface area contributed by atoms with E-state index in [1.165, 1.54) is 5.56 Å². The minimum absolute atomic E-state index is 0.0453. The maximum atomic E-state index is 12.5. The van der Waals surface area contributed by atoms with Crippen molar-refractivity contribution in [3.8, 4) is 0 Å². The average Bonchev–Trinajstić information content (AvgIpc) is 3.00. The van der Waals surface area contributed by atoms with Crippen molar-refractivity contribution < 1.29 is 9.59 Å². The molecular weight excluding hydrogens is 364 g/mol. The van der Waals surface area contributed by atoms with Crippen LogP contribution in [0.25, 0.3) is 10.9 Å². The topological polar surface area (TPSA) is 100 Å².